The predicted molar refractivity (Wildman–Crippen MR) is 72.1 cm³/mol. The largest absolute Gasteiger partial charge is 0.384 e. The standard InChI is InChI=1S/C14H20N2O2/c1-3-16(8-9-18-2)14(17)12-5-4-11-6-7-15-13(11)10-12/h4-5,10,15H,3,6-9H2,1-2H3. The van der Waals surface area contributed by atoms with Crippen LogP contribution in [0, 0.1) is 0 Å². The second kappa shape index (κ2) is 5.87. The molecule has 98 valence electrons. The summed E-state index contributed by atoms with van der Waals surface area (Å²) in [5, 5.41) is 3.30. The van der Waals surface area contributed by atoms with Crippen molar-refractivity contribution in [3.63, 3.8) is 0 Å². The lowest BCUT2D eigenvalue weighted by Crippen LogP contribution is -2.33. The van der Waals surface area contributed by atoms with Gasteiger partial charge in [0.1, 0.15) is 0 Å². The maximum absolute atomic E-state index is 12.3. The molecule has 0 bridgehead atoms. The molecule has 4 heteroatoms. The zero-order chi connectivity index (χ0) is 13.0. The number of hydrogen-bond acceptors (Lipinski definition) is 3. The summed E-state index contributed by atoms with van der Waals surface area (Å²) in [6.07, 6.45) is 1.05. The molecule has 1 aliphatic rings. The van der Waals surface area contributed by atoms with Gasteiger partial charge in [0.05, 0.1) is 6.61 Å². The third-order valence-corrected chi connectivity index (χ3v) is 3.30. The Morgan fingerprint density at radius 2 is 2.33 bits per heavy atom. The normalized spacial score (nSPS) is 13.0. The van der Waals surface area contributed by atoms with Gasteiger partial charge in [-0.25, -0.2) is 0 Å². The van der Waals surface area contributed by atoms with Gasteiger partial charge in [0, 0.05) is 38.0 Å². The SMILES string of the molecule is CCN(CCOC)C(=O)c1ccc2c(c1)NCC2. The van der Waals surface area contributed by atoms with Crippen LogP contribution in [0.1, 0.15) is 22.8 Å². The number of amides is 1. The quantitative estimate of drug-likeness (QED) is 0.863. The average molecular weight is 248 g/mol. The summed E-state index contributed by atoms with van der Waals surface area (Å²) in [6, 6.07) is 5.93. The number of likely N-dealkylation sites (N-methyl/N-ethyl adjacent to an activating group) is 1. The van der Waals surface area contributed by atoms with E-state index in [0.29, 0.717) is 19.7 Å². The molecule has 0 radical (unpaired) electrons. The minimum atomic E-state index is 0.0750. The highest BCUT2D eigenvalue weighted by Crippen LogP contribution is 2.23. The maximum Gasteiger partial charge on any atom is 0.253 e. The van der Waals surface area contributed by atoms with E-state index in [1.165, 1.54) is 5.56 Å². The zero-order valence-electron chi connectivity index (χ0n) is 11.0. The summed E-state index contributed by atoms with van der Waals surface area (Å²) in [7, 11) is 1.65. The van der Waals surface area contributed by atoms with E-state index in [0.717, 1.165) is 24.2 Å². The van der Waals surface area contributed by atoms with Crippen molar-refractivity contribution in [1.29, 1.82) is 0 Å². The van der Waals surface area contributed by atoms with Crippen molar-refractivity contribution in [1.82, 2.24) is 4.90 Å². The summed E-state index contributed by atoms with van der Waals surface area (Å²) >= 11 is 0. The van der Waals surface area contributed by atoms with Crippen molar-refractivity contribution < 1.29 is 9.53 Å². The van der Waals surface area contributed by atoms with E-state index in [9.17, 15) is 4.79 Å². The van der Waals surface area contributed by atoms with E-state index in [2.05, 4.69) is 5.32 Å². The molecule has 4 nitrogen and oxygen atoms in total. The third-order valence-electron chi connectivity index (χ3n) is 3.30. The van der Waals surface area contributed by atoms with Gasteiger partial charge in [-0.3, -0.25) is 4.79 Å². The molecule has 0 unspecified atom stereocenters. The lowest BCUT2D eigenvalue weighted by atomic mass is 10.1. The lowest BCUT2D eigenvalue weighted by molar-refractivity contribution is 0.0706. The molecular formula is C14H20N2O2. The predicted octanol–water partition coefficient (Wildman–Crippen LogP) is 1.76. The zero-order valence-corrected chi connectivity index (χ0v) is 11.0. The van der Waals surface area contributed by atoms with Crippen molar-refractivity contribution >= 4 is 11.6 Å². The Balaban J connectivity index is 2.12. The maximum atomic E-state index is 12.3. The molecule has 1 aromatic rings. The van der Waals surface area contributed by atoms with Crippen molar-refractivity contribution in [2.24, 2.45) is 0 Å². The van der Waals surface area contributed by atoms with Crippen LogP contribution in [0.4, 0.5) is 5.69 Å². The van der Waals surface area contributed by atoms with Crippen LogP contribution in [0.25, 0.3) is 0 Å². The van der Waals surface area contributed by atoms with Gasteiger partial charge in [0.2, 0.25) is 0 Å². The van der Waals surface area contributed by atoms with Gasteiger partial charge in [-0.15, -0.1) is 0 Å². The number of nitrogens with one attached hydrogen (secondary N) is 1. The van der Waals surface area contributed by atoms with Crippen LogP contribution < -0.4 is 5.32 Å². The van der Waals surface area contributed by atoms with E-state index in [1.807, 2.05) is 25.1 Å². The smallest absolute Gasteiger partial charge is 0.253 e. The van der Waals surface area contributed by atoms with E-state index < -0.39 is 0 Å². The fourth-order valence-electron chi connectivity index (χ4n) is 2.21. The Labute approximate surface area is 108 Å². The Morgan fingerprint density at radius 1 is 1.50 bits per heavy atom. The summed E-state index contributed by atoms with van der Waals surface area (Å²) in [4.78, 5) is 14.1. The van der Waals surface area contributed by atoms with Gasteiger partial charge < -0.3 is 15.0 Å². The number of benzene rings is 1. The first-order valence-corrected chi connectivity index (χ1v) is 6.41. The van der Waals surface area contributed by atoms with E-state index in [4.69, 9.17) is 4.74 Å². The van der Waals surface area contributed by atoms with Gasteiger partial charge in [0.25, 0.3) is 5.91 Å². The van der Waals surface area contributed by atoms with Gasteiger partial charge in [-0.05, 0) is 31.0 Å². The molecule has 1 heterocycles. The second-order valence-corrected chi connectivity index (χ2v) is 4.43. The molecule has 18 heavy (non-hydrogen) atoms. The minimum Gasteiger partial charge on any atom is -0.384 e. The Morgan fingerprint density at radius 3 is 3.06 bits per heavy atom. The van der Waals surface area contributed by atoms with E-state index in [-0.39, 0.29) is 5.91 Å². The molecule has 0 atom stereocenters. The van der Waals surface area contributed by atoms with Crippen LogP contribution >= 0.6 is 0 Å². The van der Waals surface area contributed by atoms with Gasteiger partial charge in [-0.2, -0.15) is 0 Å². The number of rotatable bonds is 5. The number of anilines is 1. The fraction of sp³-hybridized carbons (Fsp3) is 0.500. The Bertz CT molecular complexity index is 432. The third kappa shape index (κ3) is 2.64. The van der Waals surface area contributed by atoms with Gasteiger partial charge >= 0.3 is 0 Å². The molecule has 2 rings (SSSR count). The number of hydrogen-bond donors (Lipinski definition) is 1. The molecule has 1 N–H and O–H groups in total. The van der Waals surface area contributed by atoms with Gasteiger partial charge in [0.15, 0.2) is 0 Å². The summed E-state index contributed by atoms with van der Waals surface area (Å²) in [6.45, 7) is 4.86. The van der Waals surface area contributed by atoms with Crippen molar-refractivity contribution in [2.45, 2.75) is 13.3 Å². The lowest BCUT2D eigenvalue weighted by Gasteiger charge is -2.20. The van der Waals surface area contributed by atoms with Crippen LogP contribution in [0.3, 0.4) is 0 Å². The fourth-order valence-corrected chi connectivity index (χ4v) is 2.21. The highest BCUT2D eigenvalue weighted by atomic mass is 16.5. The molecule has 0 aromatic heterocycles. The number of ether oxygens (including phenoxy) is 1. The number of fused-ring (bicyclic) bond motifs is 1. The molecular weight excluding hydrogens is 228 g/mol. The first kappa shape index (κ1) is 12.9. The van der Waals surface area contributed by atoms with Crippen molar-refractivity contribution in [2.75, 3.05) is 38.7 Å². The summed E-state index contributed by atoms with van der Waals surface area (Å²) in [5.41, 5.74) is 3.15. The van der Waals surface area contributed by atoms with Crippen LogP contribution in [0.2, 0.25) is 0 Å². The Kier molecular flexibility index (Phi) is 4.20. The summed E-state index contributed by atoms with van der Waals surface area (Å²) in [5.74, 6) is 0.0750. The average Bonchev–Trinajstić information content (AvgIpc) is 2.86. The van der Waals surface area contributed by atoms with Crippen molar-refractivity contribution in [3.8, 4) is 0 Å². The number of nitrogens with zero attached hydrogens (tertiary/aromatic N) is 1. The van der Waals surface area contributed by atoms with Gasteiger partial charge in [-0.1, -0.05) is 6.07 Å². The molecule has 0 spiro atoms. The molecule has 1 aromatic carbocycles. The Hall–Kier alpha value is -1.55. The molecule has 1 amide bonds. The van der Waals surface area contributed by atoms with Crippen LogP contribution in [0.5, 0.6) is 0 Å². The molecule has 0 saturated carbocycles. The topological polar surface area (TPSA) is 41.6 Å². The second-order valence-electron chi connectivity index (χ2n) is 4.43. The van der Waals surface area contributed by atoms with Crippen LogP contribution in [0.15, 0.2) is 18.2 Å². The molecule has 0 aliphatic carbocycles. The number of methoxy groups -OCH3 is 1. The molecule has 0 saturated heterocycles. The molecule has 1 aliphatic heterocycles. The van der Waals surface area contributed by atoms with Crippen LogP contribution in [-0.4, -0.2) is 44.2 Å². The minimum absolute atomic E-state index is 0.0750. The monoisotopic (exact) mass is 248 g/mol. The molecule has 0 fully saturated rings. The highest BCUT2D eigenvalue weighted by molar-refractivity contribution is 5.95. The summed E-state index contributed by atoms with van der Waals surface area (Å²) < 4.78 is 5.03. The van der Waals surface area contributed by atoms with E-state index >= 15 is 0 Å². The first-order chi connectivity index (χ1) is 8.76. The number of carbonyl (C=O) groups excluding carboxylic acids is 1. The first-order valence-electron chi connectivity index (χ1n) is 6.41. The van der Waals surface area contributed by atoms with Crippen molar-refractivity contribution in [3.05, 3.63) is 29.3 Å². The van der Waals surface area contributed by atoms with Crippen LogP contribution in [-0.2, 0) is 11.2 Å². The highest BCUT2D eigenvalue weighted by Gasteiger charge is 2.17. The number of carbonyl (C=O) groups is 1. The van der Waals surface area contributed by atoms with E-state index in [1.54, 1.807) is 12.0 Å².